The Morgan fingerprint density at radius 2 is 1.96 bits per heavy atom. The third-order valence-corrected chi connectivity index (χ3v) is 4.37. The van der Waals surface area contributed by atoms with Gasteiger partial charge in [0.2, 0.25) is 0 Å². The molecule has 0 aliphatic carbocycles. The van der Waals surface area contributed by atoms with Crippen LogP contribution < -0.4 is 5.32 Å². The van der Waals surface area contributed by atoms with Crippen molar-refractivity contribution < 1.29 is 9.59 Å². The highest BCUT2D eigenvalue weighted by Gasteiger charge is 2.13. The summed E-state index contributed by atoms with van der Waals surface area (Å²) in [6.45, 7) is 4.69. The van der Waals surface area contributed by atoms with Crippen molar-refractivity contribution in [3.05, 3.63) is 53.3 Å². The Bertz CT molecular complexity index is 730. The highest BCUT2D eigenvalue weighted by atomic mass is 16.2. The number of hydrogen-bond acceptors (Lipinski definition) is 3. The van der Waals surface area contributed by atoms with Crippen LogP contribution in [-0.4, -0.2) is 34.7 Å². The molecule has 24 heavy (non-hydrogen) atoms. The van der Waals surface area contributed by atoms with Crippen molar-refractivity contribution in [3.8, 4) is 0 Å². The monoisotopic (exact) mass is 325 g/mol. The standard InChI is InChI=1S/C19H23N3O2/c1-14(23)16-11-18(20-12-16)19(24)21-17-7-5-6-15(10-17)13-22-8-3-2-4-9-22/h5-7,10-12,20H,2-4,8-9,13H2,1H3,(H,21,24). The highest BCUT2D eigenvalue weighted by Crippen LogP contribution is 2.17. The second kappa shape index (κ2) is 7.45. The van der Waals surface area contributed by atoms with Gasteiger partial charge in [0, 0.05) is 24.0 Å². The van der Waals surface area contributed by atoms with E-state index in [1.54, 1.807) is 12.3 Å². The molecule has 0 bridgehead atoms. The van der Waals surface area contributed by atoms with Crippen molar-refractivity contribution in [1.29, 1.82) is 0 Å². The molecule has 0 unspecified atom stereocenters. The molecule has 1 amide bonds. The largest absolute Gasteiger partial charge is 0.356 e. The zero-order valence-corrected chi connectivity index (χ0v) is 14.0. The Kier molecular flexibility index (Phi) is 5.11. The number of likely N-dealkylation sites (tertiary alicyclic amines) is 1. The Balaban J connectivity index is 1.64. The molecule has 5 heteroatoms. The number of piperidine rings is 1. The lowest BCUT2D eigenvalue weighted by atomic mass is 10.1. The first-order valence-electron chi connectivity index (χ1n) is 8.44. The summed E-state index contributed by atoms with van der Waals surface area (Å²) in [5.41, 5.74) is 2.87. The number of carbonyl (C=O) groups is 2. The van der Waals surface area contributed by atoms with Crippen molar-refractivity contribution >= 4 is 17.4 Å². The summed E-state index contributed by atoms with van der Waals surface area (Å²) in [5.74, 6) is -0.300. The van der Waals surface area contributed by atoms with Gasteiger partial charge >= 0.3 is 0 Å². The van der Waals surface area contributed by atoms with E-state index in [1.807, 2.05) is 18.2 Å². The molecule has 1 fully saturated rings. The second-order valence-electron chi connectivity index (χ2n) is 6.35. The summed E-state index contributed by atoms with van der Waals surface area (Å²) < 4.78 is 0. The van der Waals surface area contributed by atoms with Crippen molar-refractivity contribution in [1.82, 2.24) is 9.88 Å². The normalized spacial score (nSPS) is 15.2. The van der Waals surface area contributed by atoms with Gasteiger partial charge in [0.1, 0.15) is 5.69 Å². The SMILES string of the molecule is CC(=O)c1c[nH]c(C(=O)Nc2cccc(CN3CCCCC3)c2)c1. The first kappa shape index (κ1) is 16.5. The molecule has 2 aromatic rings. The van der Waals surface area contributed by atoms with Crippen LogP contribution in [0.5, 0.6) is 0 Å². The molecular weight excluding hydrogens is 302 g/mol. The number of Topliss-reactive ketones (excluding diaryl/α,β-unsaturated/α-hetero) is 1. The van der Waals surface area contributed by atoms with Gasteiger partial charge < -0.3 is 10.3 Å². The molecule has 5 nitrogen and oxygen atoms in total. The molecule has 0 saturated carbocycles. The predicted molar refractivity (Wildman–Crippen MR) is 94.3 cm³/mol. The van der Waals surface area contributed by atoms with Crippen LogP contribution in [0.1, 0.15) is 52.6 Å². The van der Waals surface area contributed by atoms with Crippen LogP contribution in [-0.2, 0) is 6.54 Å². The minimum Gasteiger partial charge on any atom is -0.356 e. The van der Waals surface area contributed by atoms with E-state index in [1.165, 1.54) is 31.7 Å². The maximum absolute atomic E-state index is 12.3. The molecule has 2 heterocycles. The van der Waals surface area contributed by atoms with Crippen LogP contribution in [0, 0.1) is 0 Å². The van der Waals surface area contributed by atoms with E-state index in [0.29, 0.717) is 11.3 Å². The van der Waals surface area contributed by atoms with Crippen LogP contribution in [0.4, 0.5) is 5.69 Å². The van der Waals surface area contributed by atoms with Crippen LogP contribution >= 0.6 is 0 Å². The number of nitrogens with zero attached hydrogens (tertiary/aromatic N) is 1. The van der Waals surface area contributed by atoms with E-state index in [0.717, 1.165) is 25.3 Å². The van der Waals surface area contributed by atoms with Gasteiger partial charge in [0.25, 0.3) is 5.91 Å². The summed E-state index contributed by atoms with van der Waals surface area (Å²) in [6.07, 6.45) is 5.42. The average Bonchev–Trinajstić information content (AvgIpc) is 3.06. The van der Waals surface area contributed by atoms with Crippen LogP contribution in [0.25, 0.3) is 0 Å². The van der Waals surface area contributed by atoms with Gasteiger partial charge in [-0.3, -0.25) is 14.5 Å². The smallest absolute Gasteiger partial charge is 0.272 e. The van der Waals surface area contributed by atoms with Gasteiger partial charge in [0.05, 0.1) is 0 Å². The fraction of sp³-hybridized carbons (Fsp3) is 0.368. The van der Waals surface area contributed by atoms with E-state index < -0.39 is 0 Å². The van der Waals surface area contributed by atoms with Gasteiger partial charge in [-0.2, -0.15) is 0 Å². The number of ketones is 1. The zero-order valence-electron chi connectivity index (χ0n) is 14.0. The van der Waals surface area contributed by atoms with Gasteiger partial charge in [-0.1, -0.05) is 18.6 Å². The maximum atomic E-state index is 12.3. The fourth-order valence-electron chi connectivity index (χ4n) is 3.05. The van der Waals surface area contributed by atoms with Crippen molar-refractivity contribution in [2.45, 2.75) is 32.7 Å². The van der Waals surface area contributed by atoms with Crippen molar-refractivity contribution in [2.75, 3.05) is 18.4 Å². The number of aromatic nitrogens is 1. The number of nitrogens with one attached hydrogen (secondary N) is 2. The van der Waals surface area contributed by atoms with Crippen molar-refractivity contribution in [3.63, 3.8) is 0 Å². The fourth-order valence-corrected chi connectivity index (χ4v) is 3.05. The quantitative estimate of drug-likeness (QED) is 0.828. The minimum atomic E-state index is -0.238. The highest BCUT2D eigenvalue weighted by molar-refractivity contribution is 6.05. The van der Waals surface area contributed by atoms with E-state index in [4.69, 9.17) is 0 Å². The Hall–Kier alpha value is -2.40. The topological polar surface area (TPSA) is 65.2 Å². The van der Waals surface area contributed by atoms with E-state index >= 15 is 0 Å². The lowest BCUT2D eigenvalue weighted by Gasteiger charge is -2.26. The van der Waals surface area contributed by atoms with Gasteiger partial charge in [-0.05, 0) is 56.6 Å². The molecule has 0 atom stereocenters. The average molecular weight is 325 g/mol. The van der Waals surface area contributed by atoms with E-state index in [-0.39, 0.29) is 11.7 Å². The van der Waals surface area contributed by atoms with Gasteiger partial charge in [0.15, 0.2) is 5.78 Å². The molecule has 1 aromatic carbocycles. The number of aromatic amines is 1. The molecule has 1 saturated heterocycles. The predicted octanol–water partition coefficient (Wildman–Crippen LogP) is 3.46. The molecule has 0 radical (unpaired) electrons. The minimum absolute atomic E-state index is 0.0613. The first-order chi connectivity index (χ1) is 11.6. The number of hydrogen-bond donors (Lipinski definition) is 2. The van der Waals surface area contributed by atoms with Gasteiger partial charge in [-0.25, -0.2) is 0 Å². The molecule has 0 spiro atoms. The third kappa shape index (κ3) is 4.11. The number of amides is 1. The van der Waals surface area contributed by atoms with E-state index in [2.05, 4.69) is 21.3 Å². The van der Waals surface area contributed by atoms with Gasteiger partial charge in [-0.15, -0.1) is 0 Å². The molecule has 1 aromatic heterocycles. The summed E-state index contributed by atoms with van der Waals surface area (Å²) in [6, 6.07) is 9.53. The lowest BCUT2D eigenvalue weighted by molar-refractivity contribution is 0.101. The molecule has 126 valence electrons. The first-order valence-corrected chi connectivity index (χ1v) is 8.44. The number of H-pyrrole nitrogens is 1. The Morgan fingerprint density at radius 3 is 2.67 bits per heavy atom. The summed E-state index contributed by atoms with van der Waals surface area (Å²) in [5, 5.41) is 2.89. The summed E-state index contributed by atoms with van der Waals surface area (Å²) in [7, 11) is 0. The molecule has 1 aliphatic rings. The third-order valence-electron chi connectivity index (χ3n) is 4.37. The molecule has 3 rings (SSSR count). The molecule has 2 N–H and O–H groups in total. The number of anilines is 1. The Labute approximate surface area is 142 Å². The van der Waals surface area contributed by atoms with Crippen LogP contribution in [0.3, 0.4) is 0 Å². The number of rotatable bonds is 5. The number of carbonyl (C=O) groups excluding carboxylic acids is 2. The lowest BCUT2D eigenvalue weighted by Crippen LogP contribution is -2.29. The molecular formula is C19H23N3O2. The van der Waals surface area contributed by atoms with Crippen LogP contribution in [0.2, 0.25) is 0 Å². The van der Waals surface area contributed by atoms with Crippen molar-refractivity contribution in [2.24, 2.45) is 0 Å². The summed E-state index contributed by atoms with van der Waals surface area (Å²) >= 11 is 0. The zero-order chi connectivity index (χ0) is 16.9. The second-order valence-corrected chi connectivity index (χ2v) is 6.35. The number of benzene rings is 1. The maximum Gasteiger partial charge on any atom is 0.272 e. The summed E-state index contributed by atoms with van der Waals surface area (Å²) in [4.78, 5) is 28.9. The Morgan fingerprint density at radius 1 is 1.17 bits per heavy atom. The van der Waals surface area contributed by atoms with Crippen LogP contribution in [0.15, 0.2) is 36.5 Å². The molecule has 1 aliphatic heterocycles. The van der Waals surface area contributed by atoms with E-state index in [9.17, 15) is 9.59 Å².